The quantitative estimate of drug-likeness (QED) is 0.269. The van der Waals surface area contributed by atoms with Crippen LogP contribution in [0.1, 0.15) is 76.4 Å². The van der Waals surface area contributed by atoms with E-state index in [0.717, 1.165) is 59.4 Å². The molecule has 5 amide bonds. The highest BCUT2D eigenvalue weighted by atomic mass is 16.5. The average Bonchev–Trinajstić information content (AvgIpc) is 3.69. The molecule has 5 heterocycles. The molecule has 7 rings (SSSR count). The molecule has 56 heavy (non-hydrogen) atoms. The fourth-order valence-corrected chi connectivity index (χ4v) is 8.36. The summed E-state index contributed by atoms with van der Waals surface area (Å²) in [6, 6.07) is 13.6. The Morgan fingerprint density at radius 2 is 1.52 bits per heavy atom. The first kappa shape index (κ1) is 38.8. The van der Waals surface area contributed by atoms with Crippen molar-refractivity contribution < 1.29 is 38.2 Å². The molecule has 4 aliphatic heterocycles. The summed E-state index contributed by atoms with van der Waals surface area (Å²) in [5.74, 6) is 0.199. The van der Waals surface area contributed by atoms with Crippen molar-refractivity contribution in [2.24, 2.45) is 5.92 Å². The molecule has 3 N–H and O–H groups in total. The summed E-state index contributed by atoms with van der Waals surface area (Å²) in [5, 5.41) is 5.40. The van der Waals surface area contributed by atoms with E-state index in [4.69, 9.17) is 19.2 Å². The largest absolute Gasteiger partial charge is 0.453 e. The Hall–Kier alpha value is -5.44. The Bertz CT molecular complexity index is 1930. The van der Waals surface area contributed by atoms with Crippen LogP contribution in [-0.2, 0) is 35.2 Å². The molecule has 2 unspecified atom stereocenters. The summed E-state index contributed by atoms with van der Waals surface area (Å²) in [6.45, 7) is 5.71. The Morgan fingerprint density at radius 3 is 2.21 bits per heavy atom. The molecule has 2 bridgehead atoms. The number of hydrogen-bond acceptors (Lipinski definition) is 9. The number of methoxy groups -OCH3 is 2. The minimum atomic E-state index is -0.741. The number of carbonyl (C=O) groups is 5. The number of rotatable bonds is 8. The van der Waals surface area contributed by atoms with Crippen molar-refractivity contribution in [2.75, 3.05) is 38.8 Å². The number of benzene rings is 2. The minimum absolute atomic E-state index is 0.0214. The lowest BCUT2D eigenvalue weighted by molar-refractivity contribution is -0.135. The zero-order valence-electron chi connectivity index (χ0n) is 32.4. The van der Waals surface area contributed by atoms with Crippen molar-refractivity contribution in [3.05, 3.63) is 60.0 Å². The van der Waals surface area contributed by atoms with Crippen LogP contribution < -0.4 is 15.5 Å². The Morgan fingerprint density at radius 1 is 0.839 bits per heavy atom. The van der Waals surface area contributed by atoms with Crippen LogP contribution in [0.4, 0.5) is 15.3 Å². The van der Waals surface area contributed by atoms with E-state index in [9.17, 15) is 24.0 Å². The second-order valence-electron chi connectivity index (χ2n) is 15.3. The molecule has 1 aromatic heterocycles. The summed E-state index contributed by atoms with van der Waals surface area (Å²) in [6.07, 6.45) is 3.75. The lowest BCUT2D eigenvalue weighted by Gasteiger charge is -2.30. The average molecular weight is 770 g/mol. The number of imidazole rings is 1. The first-order valence-electron chi connectivity index (χ1n) is 19.6. The smallest absolute Gasteiger partial charge is 0.407 e. The third-order valence-corrected chi connectivity index (χ3v) is 11.4. The lowest BCUT2D eigenvalue weighted by atomic mass is 10.0. The van der Waals surface area contributed by atoms with E-state index >= 15 is 0 Å². The maximum absolute atomic E-state index is 13.7. The number of nitrogens with zero attached hydrogens (tertiary/aromatic N) is 4. The van der Waals surface area contributed by atoms with Gasteiger partial charge in [-0.2, -0.15) is 0 Å². The van der Waals surface area contributed by atoms with Crippen LogP contribution >= 0.6 is 0 Å². The minimum Gasteiger partial charge on any atom is -0.453 e. The van der Waals surface area contributed by atoms with E-state index in [1.165, 1.54) is 14.2 Å². The second kappa shape index (κ2) is 16.7. The number of amides is 5. The van der Waals surface area contributed by atoms with Gasteiger partial charge >= 0.3 is 12.2 Å². The monoisotopic (exact) mass is 769 g/mol. The standard InChI is InChI=1S/C41H51N7O8/c1-24(2)33(45-41(53)55-4)38(50)46-20-7-10-31(46)35-39(51)48(35)28-18-16-26(17-19-28)25-12-14-27(15-13-25)34-30-23-56-22-6-5-9-29(43-40(52)54-3)37(49)47-21-8-11-32(47)36(42-30)44-34/h12-19,24,29,31-33,35H,5-11,20-23H2,1-4H3,(H,42,44)(H,43,52)(H,45,53)/t29-,31?,32-,33-,35?,48?/m0/s1. The molecule has 5 atom stereocenters. The summed E-state index contributed by atoms with van der Waals surface area (Å²) in [7, 11) is 2.56. The van der Waals surface area contributed by atoms with Gasteiger partial charge in [-0.15, -0.1) is 0 Å². The first-order valence-corrected chi connectivity index (χ1v) is 19.6. The topological polar surface area (TPSA) is 175 Å². The molecule has 2 aromatic carbocycles. The third-order valence-electron chi connectivity index (χ3n) is 11.4. The van der Waals surface area contributed by atoms with Crippen LogP contribution in [0.2, 0.25) is 0 Å². The Labute approximate surface area is 326 Å². The van der Waals surface area contributed by atoms with Crippen molar-refractivity contribution in [1.29, 1.82) is 0 Å². The molecule has 15 heteroatoms. The van der Waals surface area contributed by atoms with E-state index in [2.05, 4.69) is 15.6 Å². The van der Waals surface area contributed by atoms with Gasteiger partial charge in [-0.05, 0) is 74.1 Å². The van der Waals surface area contributed by atoms with E-state index in [1.54, 1.807) is 9.80 Å². The number of aromatic amines is 1. The number of anilines is 1. The first-order chi connectivity index (χ1) is 27.1. The highest BCUT2D eigenvalue weighted by Gasteiger charge is 2.56. The second-order valence-corrected chi connectivity index (χ2v) is 15.3. The third kappa shape index (κ3) is 7.95. The molecular weight excluding hydrogens is 718 g/mol. The van der Waals surface area contributed by atoms with Crippen LogP contribution in [0, 0.1) is 5.92 Å². The predicted molar refractivity (Wildman–Crippen MR) is 206 cm³/mol. The molecule has 3 saturated heterocycles. The zero-order valence-corrected chi connectivity index (χ0v) is 32.4. The molecule has 298 valence electrons. The van der Waals surface area contributed by atoms with E-state index in [-0.39, 0.29) is 35.7 Å². The fraction of sp³-hybridized carbons (Fsp3) is 0.512. The van der Waals surface area contributed by atoms with E-state index in [0.29, 0.717) is 51.4 Å². The summed E-state index contributed by atoms with van der Waals surface area (Å²) >= 11 is 0. The van der Waals surface area contributed by atoms with Gasteiger partial charge in [0.05, 0.1) is 44.3 Å². The number of H-pyrrole nitrogens is 1. The zero-order chi connectivity index (χ0) is 39.5. The van der Waals surface area contributed by atoms with Crippen molar-refractivity contribution in [3.63, 3.8) is 0 Å². The molecule has 3 fully saturated rings. The van der Waals surface area contributed by atoms with Gasteiger partial charge in [0.2, 0.25) is 11.8 Å². The highest BCUT2D eigenvalue weighted by molar-refractivity contribution is 6.16. The number of likely N-dealkylation sites (tertiary alicyclic amines) is 1. The molecule has 0 aliphatic carbocycles. The Balaban J connectivity index is 1.05. The van der Waals surface area contributed by atoms with Gasteiger partial charge in [-0.1, -0.05) is 50.2 Å². The molecule has 4 aliphatic rings. The number of nitrogens with one attached hydrogen (secondary N) is 3. The number of carbonyl (C=O) groups excluding carboxylic acids is 5. The van der Waals surface area contributed by atoms with Gasteiger partial charge in [-0.3, -0.25) is 19.3 Å². The van der Waals surface area contributed by atoms with Crippen molar-refractivity contribution in [1.82, 2.24) is 30.4 Å². The number of ether oxygens (including phenoxy) is 3. The highest BCUT2D eigenvalue weighted by Crippen LogP contribution is 2.39. The van der Waals surface area contributed by atoms with Gasteiger partial charge in [0.1, 0.15) is 23.9 Å². The number of fused-ring (bicyclic) bond motifs is 4. The molecule has 15 nitrogen and oxygen atoms in total. The molecular formula is C41H51N7O8. The number of aromatic nitrogens is 2. The van der Waals surface area contributed by atoms with Crippen LogP contribution in [0.15, 0.2) is 48.5 Å². The summed E-state index contributed by atoms with van der Waals surface area (Å²) < 4.78 is 15.6. The van der Waals surface area contributed by atoms with Gasteiger partial charge in [0.25, 0.3) is 5.91 Å². The maximum Gasteiger partial charge on any atom is 0.407 e. The molecule has 0 spiro atoms. The van der Waals surface area contributed by atoms with Gasteiger partial charge in [0, 0.05) is 30.9 Å². The SMILES string of the molecule is COC(=O)N[C@H]1CCCCOCc2[nH]c(nc2-c2ccc(-c3ccc(N4C(=O)C4C4CCCN4C(=O)[C@@H](NC(=O)OC)C(C)C)cc3)cc2)[C@@H]2CCCN2C1=O. The van der Waals surface area contributed by atoms with Crippen LogP contribution in [0.25, 0.3) is 22.4 Å². The van der Waals surface area contributed by atoms with Crippen LogP contribution in [-0.4, -0.2) is 108 Å². The van der Waals surface area contributed by atoms with Gasteiger partial charge < -0.3 is 39.6 Å². The van der Waals surface area contributed by atoms with Crippen LogP contribution in [0.3, 0.4) is 0 Å². The van der Waals surface area contributed by atoms with Gasteiger partial charge in [0.15, 0.2) is 0 Å². The van der Waals surface area contributed by atoms with E-state index in [1.807, 2.05) is 67.3 Å². The molecule has 0 saturated carbocycles. The Kier molecular flexibility index (Phi) is 11.6. The molecule has 0 radical (unpaired) electrons. The number of hydrogen-bond donors (Lipinski definition) is 3. The van der Waals surface area contributed by atoms with Crippen LogP contribution in [0.5, 0.6) is 0 Å². The molecule has 3 aromatic rings. The normalized spacial score (nSPS) is 23.1. The predicted octanol–water partition coefficient (Wildman–Crippen LogP) is 4.92. The van der Waals surface area contributed by atoms with Crippen molar-refractivity contribution in [3.8, 4) is 22.4 Å². The van der Waals surface area contributed by atoms with Gasteiger partial charge in [-0.25, -0.2) is 14.6 Å². The van der Waals surface area contributed by atoms with Crippen molar-refractivity contribution in [2.45, 2.75) is 95.6 Å². The lowest BCUT2D eigenvalue weighted by Crippen LogP contribution is -2.53. The number of alkyl carbamates (subject to hydrolysis) is 2. The van der Waals surface area contributed by atoms with Crippen molar-refractivity contribution >= 4 is 35.6 Å². The fourth-order valence-electron chi connectivity index (χ4n) is 8.36. The summed E-state index contributed by atoms with van der Waals surface area (Å²) in [4.78, 5) is 78.4. The summed E-state index contributed by atoms with van der Waals surface area (Å²) in [5.41, 5.74) is 5.27. The maximum atomic E-state index is 13.7. The van der Waals surface area contributed by atoms with E-state index < -0.39 is 30.3 Å².